The fourth-order valence-corrected chi connectivity index (χ4v) is 1.81. The van der Waals surface area contributed by atoms with E-state index in [9.17, 15) is 9.59 Å². The van der Waals surface area contributed by atoms with Gasteiger partial charge in [-0.3, -0.25) is 4.79 Å². The third-order valence-electron chi connectivity index (χ3n) is 2.02. The van der Waals surface area contributed by atoms with E-state index in [0.29, 0.717) is 6.54 Å². The molecule has 0 fully saturated rings. The molecule has 1 heterocycles. The van der Waals surface area contributed by atoms with Gasteiger partial charge in [-0.15, -0.1) is 11.3 Å². The van der Waals surface area contributed by atoms with Crippen molar-refractivity contribution in [2.24, 2.45) is 0 Å². The summed E-state index contributed by atoms with van der Waals surface area (Å²) >= 11 is 1.64. The van der Waals surface area contributed by atoms with E-state index in [2.05, 4.69) is 0 Å². The van der Waals surface area contributed by atoms with Crippen LogP contribution in [0.3, 0.4) is 0 Å². The Morgan fingerprint density at radius 2 is 2.25 bits per heavy atom. The fraction of sp³-hybridized carbons (Fsp3) is 0.273. The number of hydrogen-bond acceptors (Lipinski definition) is 3. The highest BCUT2D eigenvalue weighted by Gasteiger charge is 2.05. The SMILES string of the molecule is CN(CCc1cccs1)C(=O)C=CC(=O)O. The van der Waals surface area contributed by atoms with Crippen LogP contribution in [0.25, 0.3) is 0 Å². The van der Waals surface area contributed by atoms with Crippen molar-refractivity contribution >= 4 is 23.2 Å². The first kappa shape index (κ1) is 12.4. The average Bonchev–Trinajstić information content (AvgIpc) is 2.75. The van der Waals surface area contributed by atoms with E-state index >= 15 is 0 Å². The second-order valence-corrected chi connectivity index (χ2v) is 4.29. The van der Waals surface area contributed by atoms with Crippen LogP contribution >= 0.6 is 11.3 Å². The van der Waals surface area contributed by atoms with Crippen molar-refractivity contribution in [1.82, 2.24) is 4.90 Å². The Hall–Kier alpha value is -1.62. The number of nitrogens with zero attached hydrogens (tertiary/aromatic N) is 1. The van der Waals surface area contributed by atoms with Gasteiger partial charge < -0.3 is 10.0 Å². The number of thiophene rings is 1. The molecule has 1 N–H and O–H groups in total. The minimum Gasteiger partial charge on any atom is -0.478 e. The number of carbonyl (C=O) groups is 2. The zero-order valence-corrected chi connectivity index (χ0v) is 9.74. The summed E-state index contributed by atoms with van der Waals surface area (Å²) in [6.45, 7) is 0.587. The Balaban J connectivity index is 2.37. The topological polar surface area (TPSA) is 57.6 Å². The number of likely N-dealkylation sites (N-methyl/N-ethyl adjacent to an activating group) is 1. The molecule has 0 radical (unpaired) electrons. The van der Waals surface area contributed by atoms with Gasteiger partial charge in [-0.05, 0) is 17.9 Å². The first-order valence-electron chi connectivity index (χ1n) is 4.78. The van der Waals surface area contributed by atoms with E-state index in [4.69, 9.17) is 5.11 Å². The van der Waals surface area contributed by atoms with Crippen LogP contribution in [-0.4, -0.2) is 35.5 Å². The Bertz CT molecular complexity index is 384. The maximum absolute atomic E-state index is 11.4. The Labute approximate surface area is 97.8 Å². The normalized spacial score (nSPS) is 10.6. The number of rotatable bonds is 5. The van der Waals surface area contributed by atoms with Crippen LogP contribution in [0.2, 0.25) is 0 Å². The van der Waals surface area contributed by atoms with E-state index in [-0.39, 0.29) is 5.91 Å². The molecular formula is C11H13NO3S. The summed E-state index contributed by atoms with van der Waals surface area (Å²) in [4.78, 5) is 24.3. The molecule has 5 heteroatoms. The van der Waals surface area contributed by atoms with E-state index in [1.807, 2.05) is 17.5 Å². The number of amides is 1. The lowest BCUT2D eigenvalue weighted by molar-refractivity contribution is -0.132. The van der Waals surface area contributed by atoms with Crippen LogP contribution in [0.4, 0.5) is 0 Å². The molecule has 1 rings (SSSR count). The van der Waals surface area contributed by atoms with E-state index in [0.717, 1.165) is 18.6 Å². The smallest absolute Gasteiger partial charge is 0.328 e. The molecule has 1 aromatic rings. The van der Waals surface area contributed by atoms with Crippen LogP contribution in [0.15, 0.2) is 29.7 Å². The molecule has 0 atom stereocenters. The molecule has 1 amide bonds. The zero-order valence-electron chi connectivity index (χ0n) is 8.92. The molecule has 0 aliphatic carbocycles. The van der Waals surface area contributed by atoms with Gasteiger partial charge in [0.2, 0.25) is 5.91 Å². The number of carbonyl (C=O) groups excluding carboxylic acids is 1. The van der Waals surface area contributed by atoms with Gasteiger partial charge in [-0.25, -0.2) is 4.79 Å². The number of carboxylic acids is 1. The van der Waals surface area contributed by atoms with Crippen molar-refractivity contribution in [2.45, 2.75) is 6.42 Å². The molecule has 0 aliphatic heterocycles. The molecular weight excluding hydrogens is 226 g/mol. The molecule has 86 valence electrons. The highest BCUT2D eigenvalue weighted by atomic mass is 32.1. The monoisotopic (exact) mass is 239 g/mol. The Morgan fingerprint density at radius 1 is 1.50 bits per heavy atom. The van der Waals surface area contributed by atoms with Gasteiger partial charge >= 0.3 is 5.97 Å². The zero-order chi connectivity index (χ0) is 12.0. The lowest BCUT2D eigenvalue weighted by Crippen LogP contribution is -2.27. The van der Waals surface area contributed by atoms with Crippen molar-refractivity contribution in [3.8, 4) is 0 Å². The van der Waals surface area contributed by atoms with E-state index < -0.39 is 5.97 Å². The second kappa shape index (κ2) is 6.07. The highest BCUT2D eigenvalue weighted by Crippen LogP contribution is 2.09. The highest BCUT2D eigenvalue weighted by molar-refractivity contribution is 7.09. The quantitative estimate of drug-likeness (QED) is 0.790. The predicted molar refractivity (Wildman–Crippen MR) is 62.4 cm³/mol. The minimum absolute atomic E-state index is 0.293. The van der Waals surface area contributed by atoms with Crippen molar-refractivity contribution in [1.29, 1.82) is 0 Å². The van der Waals surface area contributed by atoms with Gasteiger partial charge in [0.25, 0.3) is 0 Å². The number of hydrogen-bond donors (Lipinski definition) is 1. The molecule has 0 saturated carbocycles. The molecule has 0 bridgehead atoms. The van der Waals surface area contributed by atoms with E-state index in [1.165, 1.54) is 9.78 Å². The summed E-state index contributed by atoms with van der Waals surface area (Å²) in [7, 11) is 1.65. The maximum Gasteiger partial charge on any atom is 0.328 e. The van der Waals surface area contributed by atoms with Gasteiger partial charge in [-0.2, -0.15) is 0 Å². The molecule has 0 aliphatic rings. The Morgan fingerprint density at radius 3 is 2.81 bits per heavy atom. The van der Waals surface area contributed by atoms with Crippen molar-refractivity contribution in [3.05, 3.63) is 34.5 Å². The van der Waals surface area contributed by atoms with Crippen molar-refractivity contribution < 1.29 is 14.7 Å². The van der Waals surface area contributed by atoms with Crippen LogP contribution < -0.4 is 0 Å². The fourth-order valence-electron chi connectivity index (χ4n) is 1.11. The molecule has 4 nitrogen and oxygen atoms in total. The lowest BCUT2D eigenvalue weighted by Gasteiger charge is -2.13. The summed E-state index contributed by atoms with van der Waals surface area (Å²) in [5.74, 6) is -1.40. The van der Waals surface area contributed by atoms with Crippen LogP contribution in [0.1, 0.15) is 4.88 Å². The summed E-state index contributed by atoms with van der Waals surface area (Å²) in [6.07, 6.45) is 2.71. The maximum atomic E-state index is 11.4. The van der Waals surface area contributed by atoms with Crippen LogP contribution in [0, 0.1) is 0 Å². The predicted octanol–water partition coefficient (Wildman–Crippen LogP) is 1.39. The van der Waals surface area contributed by atoms with E-state index in [1.54, 1.807) is 18.4 Å². The third kappa shape index (κ3) is 4.27. The van der Waals surface area contributed by atoms with Crippen LogP contribution in [-0.2, 0) is 16.0 Å². The Kier molecular flexibility index (Phi) is 4.72. The molecule has 0 unspecified atom stereocenters. The standard InChI is InChI=1S/C11H13NO3S/c1-12(10(13)4-5-11(14)15)7-6-9-3-2-8-16-9/h2-5,8H,6-7H2,1H3,(H,14,15). The second-order valence-electron chi connectivity index (χ2n) is 3.26. The molecule has 0 aromatic carbocycles. The average molecular weight is 239 g/mol. The van der Waals surface area contributed by atoms with Gasteiger partial charge in [0.1, 0.15) is 0 Å². The summed E-state index contributed by atoms with van der Waals surface area (Å²) in [5.41, 5.74) is 0. The third-order valence-corrected chi connectivity index (χ3v) is 2.95. The molecule has 0 saturated heterocycles. The van der Waals surface area contributed by atoms with Crippen LogP contribution in [0.5, 0.6) is 0 Å². The first-order chi connectivity index (χ1) is 7.59. The van der Waals surface area contributed by atoms with Gasteiger partial charge in [0.15, 0.2) is 0 Å². The van der Waals surface area contributed by atoms with Gasteiger partial charge in [0.05, 0.1) is 0 Å². The largest absolute Gasteiger partial charge is 0.478 e. The molecule has 1 aromatic heterocycles. The number of aliphatic carboxylic acids is 1. The first-order valence-corrected chi connectivity index (χ1v) is 5.66. The van der Waals surface area contributed by atoms with Crippen molar-refractivity contribution in [3.63, 3.8) is 0 Å². The number of carboxylic acid groups (broad SMARTS) is 1. The minimum atomic E-state index is -1.11. The lowest BCUT2D eigenvalue weighted by atomic mass is 10.3. The summed E-state index contributed by atoms with van der Waals surface area (Å²) < 4.78 is 0. The van der Waals surface area contributed by atoms with Crippen molar-refractivity contribution in [2.75, 3.05) is 13.6 Å². The van der Waals surface area contributed by atoms with Gasteiger partial charge in [-0.1, -0.05) is 6.07 Å². The summed E-state index contributed by atoms with van der Waals surface area (Å²) in [6, 6.07) is 3.97. The molecule has 16 heavy (non-hydrogen) atoms. The van der Waals surface area contributed by atoms with Gasteiger partial charge in [0, 0.05) is 30.6 Å². The summed E-state index contributed by atoms with van der Waals surface area (Å²) in [5, 5.41) is 10.4. The molecule has 0 spiro atoms.